The average molecular weight is 280 g/mol. The number of rotatable bonds is 4. The van der Waals surface area contributed by atoms with Crippen molar-refractivity contribution in [3.8, 4) is 0 Å². The van der Waals surface area contributed by atoms with Crippen LogP contribution in [0.1, 0.15) is 40.0 Å². The first-order valence-corrected chi connectivity index (χ1v) is 6.84. The predicted octanol–water partition coefficient (Wildman–Crippen LogP) is 1.95. The second-order valence-electron chi connectivity index (χ2n) is 6.69. The molecule has 1 N–H and O–H groups in total. The van der Waals surface area contributed by atoms with Crippen molar-refractivity contribution in [2.24, 2.45) is 17.3 Å². The highest BCUT2D eigenvalue weighted by Crippen LogP contribution is 2.50. The van der Waals surface area contributed by atoms with E-state index in [1.165, 1.54) is 0 Å². The van der Waals surface area contributed by atoms with Crippen molar-refractivity contribution in [1.82, 2.24) is 0 Å². The monoisotopic (exact) mass is 280 g/mol. The minimum Gasteiger partial charge on any atom is -0.480 e. The molecule has 0 amide bonds. The molecule has 3 unspecified atom stereocenters. The Bertz CT molecular complexity index is 485. The van der Waals surface area contributed by atoms with Crippen molar-refractivity contribution in [3.05, 3.63) is 12.2 Å². The highest BCUT2D eigenvalue weighted by atomic mass is 16.6. The maximum atomic E-state index is 12.6. The third-order valence-corrected chi connectivity index (χ3v) is 3.92. The number of carboxylic acid groups (broad SMARTS) is 1. The largest absolute Gasteiger partial charge is 0.480 e. The molecule has 0 radical (unpaired) electrons. The molecule has 20 heavy (non-hydrogen) atoms. The Morgan fingerprint density at radius 2 is 2.00 bits per heavy atom. The highest BCUT2D eigenvalue weighted by Gasteiger charge is 2.52. The molecular formula is C15H20O5. The van der Waals surface area contributed by atoms with Gasteiger partial charge in [0.15, 0.2) is 5.78 Å². The van der Waals surface area contributed by atoms with Crippen LogP contribution in [0, 0.1) is 17.3 Å². The van der Waals surface area contributed by atoms with Crippen molar-refractivity contribution >= 4 is 17.7 Å². The quantitative estimate of drug-likeness (QED) is 0.483. The molecule has 2 aliphatic rings. The molecule has 3 atom stereocenters. The second-order valence-corrected chi connectivity index (χ2v) is 6.69. The van der Waals surface area contributed by atoms with Crippen molar-refractivity contribution in [2.45, 2.75) is 45.6 Å². The number of hydrogen-bond donors (Lipinski definition) is 1. The summed E-state index contributed by atoms with van der Waals surface area (Å²) in [5, 5.41) is 9.25. The number of carboxylic acids is 1. The van der Waals surface area contributed by atoms with Crippen molar-refractivity contribution in [3.63, 3.8) is 0 Å². The van der Waals surface area contributed by atoms with E-state index in [0.29, 0.717) is 18.8 Å². The SMILES string of the molecule is CC(C)(C)OC(=O)C(C(=O)O)C(=O)C12C=CC(CC1)C2. The van der Waals surface area contributed by atoms with E-state index in [2.05, 4.69) is 0 Å². The van der Waals surface area contributed by atoms with Gasteiger partial charge >= 0.3 is 11.9 Å². The number of ether oxygens (including phenoxy) is 1. The van der Waals surface area contributed by atoms with E-state index in [0.717, 1.165) is 6.42 Å². The number of carbonyl (C=O) groups is 3. The van der Waals surface area contributed by atoms with Crippen molar-refractivity contribution in [1.29, 1.82) is 0 Å². The molecule has 0 aromatic carbocycles. The van der Waals surface area contributed by atoms with Crippen LogP contribution in [0.3, 0.4) is 0 Å². The minimum atomic E-state index is -1.73. The van der Waals surface area contributed by atoms with Crippen LogP contribution in [0.2, 0.25) is 0 Å². The topological polar surface area (TPSA) is 80.7 Å². The van der Waals surface area contributed by atoms with Crippen LogP contribution in [-0.2, 0) is 19.1 Å². The molecule has 2 aliphatic carbocycles. The number of hydrogen-bond acceptors (Lipinski definition) is 4. The summed E-state index contributed by atoms with van der Waals surface area (Å²) in [4.78, 5) is 35.9. The molecular weight excluding hydrogens is 260 g/mol. The number of Topliss-reactive ketones (excluding diaryl/α,β-unsaturated/α-hetero) is 1. The van der Waals surface area contributed by atoms with E-state index in [-0.39, 0.29) is 0 Å². The second kappa shape index (κ2) is 4.72. The molecule has 5 heteroatoms. The zero-order valence-electron chi connectivity index (χ0n) is 12.0. The summed E-state index contributed by atoms with van der Waals surface area (Å²) in [5.74, 6) is -4.31. The van der Waals surface area contributed by atoms with E-state index >= 15 is 0 Å². The third kappa shape index (κ3) is 2.62. The predicted molar refractivity (Wildman–Crippen MR) is 70.9 cm³/mol. The number of esters is 1. The molecule has 0 spiro atoms. The van der Waals surface area contributed by atoms with Crippen LogP contribution >= 0.6 is 0 Å². The minimum absolute atomic E-state index is 0.340. The van der Waals surface area contributed by atoms with Crippen molar-refractivity contribution < 1.29 is 24.2 Å². The molecule has 2 bridgehead atoms. The number of fused-ring (bicyclic) bond motifs is 2. The van der Waals surface area contributed by atoms with Gasteiger partial charge in [-0.05, 0) is 46.0 Å². The van der Waals surface area contributed by atoms with Crippen LogP contribution in [-0.4, -0.2) is 28.4 Å². The highest BCUT2D eigenvalue weighted by molar-refractivity contribution is 6.17. The number of ketones is 1. The molecule has 0 aliphatic heterocycles. The Hall–Kier alpha value is -1.65. The van der Waals surface area contributed by atoms with Crippen LogP contribution in [0.25, 0.3) is 0 Å². The smallest absolute Gasteiger partial charge is 0.328 e. The number of aliphatic carboxylic acids is 1. The Balaban J connectivity index is 2.21. The number of carbonyl (C=O) groups excluding carboxylic acids is 2. The van der Waals surface area contributed by atoms with E-state index < -0.39 is 34.7 Å². The summed E-state index contributed by atoms with van der Waals surface area (Å²) in [7, 11) is 0. The first-order chi connectivity index (χ1) is 9.15. The molecule has 1 saturated carbocycles. The Morgan fingerprint density at radius 3 is 2.35 bits per heavy atom. The Morgan fingerprint density at radius 1 is 1.35 bits per heavy atom. The van der Waals surface area contributed by atoms with Gasteiger partial charge in [0.05, 0.1) is 0 Å². The summed E-state index contributed by atoms with van der Waals surface area (Å²) in [6.45, 7) is 4.94. The van der Waals surface area contributed by atoms with Gasteiger partial charge in [-0.3, -0.25) is 14.4 Å². The van der Waals surface area contributed by atoms with Crippen LogP contribution in [0.15, 0.2) is 12.2 Å². The Kier molecular flexibility index (Phi) is 3.48. The van der Waals surface area contributed by atoms with E-state index in [1.807, 2.05) is 6.08 Å². The van der Waals surface area contributed by atoms with Gasteiger partial charge < -0.3 is 9.84 Å². The number of allylic oxidation sites excluding steroid dienone is 2. The van der Waals surface area contributed by atoms with Gasteiger partial charge in [-0.2, -0.15) is 0 Å². The summed E-state index contributed by atoms with van der Waals surface area (Å²) in [5.41, 5.74) is -1.59. The fourth-order valence-corrected chi connectivity index (χ4v) is 3.02. The van der Waals surface area contributed by atoms with E-state index in [9.17, 15) is 19.5 Å². The van der Waals surface area contributed by atoms with Gasteiger partial charge in [0.2, 0.25) is 5.92 Å². The van der Waals surface area contributed by atoms with Gasteiger partial charge in [0.1, 0.15) is 5.60 Å². The Labute approximate surface area is 118 Å². The lowest BCUT2D eigenvalue weighted by atomic mass is 9.77. The lowest BCUT2D eigenvalue weighted by Crippen LogP contribution is -2.43. The first kappa shape index (κ1) is 14.8. The lowest BCUT2D eigenvalue weighted by molar-refractivity contribution is -0.170. The molecule has 2 rings (SSSR count). The normalized spacial score (nSPS) is 29.2. The van der Waals surface area contributed by atoms with Crippen LogP contribution < -0.4 is 0 Å². The van der Waals surface area contributed by atoms with Crippen LogP contribution in [0.4, 0.5) is 0 Å². The summed E-state index contributed by atoms with van der Waals surface area (Å²) < 4.78 is 5.08. The fourth-order valence-electron chi connectivity index (χ4n) is 3.02. The first-order valence-electron chi connectivity index (χ1n) is 6.84. The maximum Gasteiger partial charge on any atom is 0.328 e. The third-order valence-electron chi connectivity index (χ3n) is 3.92. The molecule has 110 valence electrons. The molecule has 5 nitrogen and oxygen atoms in total. The summed E-state index contributed by atoms with van der Waals surface area (Å²) in [6.07, 6.45) is 5.86. The van der Waals surface area contributed by atoms with Crippen molar-refractivity contribution in [2.75, 3.05) is 0 Å². The zero-order valence-corrected chi connectivity index (χ0v) is 12.0. The maximum absolute atomic E-state index is 12.6. The molecule has 1 fully saturated rings. The molecule has 0 saturated heterocycles. The van der Waals surface area contributed by atoms with Crippen LogP contribution in [0.5, 0.6) is 0 Å². The molecule has 0 aromatic heterocycles. The van der Waals surface area contributed by atoms with E-state index in [4.69, 9.17) is 4.74 Å². The fraction of sp³-hybridized carbons (Fsp3) is 0.667. The summed E-state index contributed by atoms with van der Waals surface area (Å²) >= 11 is 0. The van der Waals surface area contributed by atoms with Gasteiger partial charge in [0.25, 0.3) is 0 Å². The lowest BCUT2D eigenvalue weighted by Gasteiger charge is -2.27. The average Bonchev–Trinajstić information content (AvgIpc) is 2.86. The molecule has 0 heterocycles. The molecule has 0 aromatic rings. The van der Waals surface area contributed by atoms with Gasteiger partial charge in [-0.25, -0.2) is 0 Å². The van der Waals surface area contributed by atoms with E-state index in [1.54, 1.807) is 26.8 Å². The van der Waals surface area contributed by atoms with Gasteiger partial charge in [-0.1, -0.05) is 12.2 Å². The summed E-state index contributed by atoms with van der Waals surface area (Å²) in [6, 6.07) is 0. The standard InChI is InChI=1S/C15H20O5/c1-14(2,3)20-13(19)10(12(17)18)11(16)15-6-4-9(8-15)5-7-15/h4,6,9-10H,5,7-8H2,1-3H3,(H,17,18). The van der Waals surface area contributed by atoms with Gasteiger partial charge in [0, 0.05) is 5.41 Å². The van der Waals surface area contributed by atoms with Gasteiger partial charge in [-0.15, -0.1) is 0 Å². The zero-order chi connectivity index (χ0) is 15.1.